The van der Waals surface area contributed by atoms with E-state index in [0.29, 0.717) is 0 Å². The summed E-state index contributed by atoms with van der Waals surface area (Å²) in [6.45, 7) is 3.45. The second-order valence-electron chi connectivity index (χ2n) is 5.02. The maximum absolute atomic E-state index is 2.34. The van der Waals surface area contributed by atoms with Gasteiger partial charge in [-0.3, -0.25) is 0 Å². The third-order valence-corrected chi connectivity index (χ3v) is 3.92. The molecule has 0 aromatic heterocycles. The van der Waals surface area contributed by atoms with Crippen LogP contribution in [0, 0.1) is 11.8 Å². The molecule has 2 rings (SSSR count). The van der Waals surface area contributed by atoms with Crippen LogP contribution in [0.25, 0.3) is 0 Å². The van der Waals surface area contributed by atoms with Crippen LogP contribution in [-0.4, -0.2) is 6.71 Å². The van der Waals surface area contributed by atoms with Gasteiger partial charge in [0.1, 0.15) is 6.71 Å². The van der Waals surface area contributed by atoms with Gasteiger partial charge in [-0.25, -0.2) is 0 Å². The summed E-state index contributed by atoms with van der Waals surface area (Å²) in [6, 6.07) is 0. The van der Waals surface area contributed by atoms with E-state index in [1.54, 1.807) is 31.9 Å². The fraction of sp³-hybridized carbons (Fsp3) is 1.00. The Morgan fingerprint density at radius 1 is 1.17 bits per heavy atom. The predicted octanol–water partition coefficient (Wildman–Crippen LogP) is 3.71. The van der Waals surface area contributed by atoms with E-state index < -0.39 is 0 Å². The van der Waals surface area contributed by atoms with E-state index in [4.69, 9.17) is 0 Å². The van der Waals surface area contributed by atoms with Crippen LogP contribution in [0.1, 0.15) is 39.0 Å². The molecule has 2 atom stereocenters. The Bertz CT molecular complexity index is 132. The lowest BCUT2D eigenvalue weighted by atomic mass is 9.34. The molecule has 1 aliphatic carbocycles. The average molecular weight is 164 g/mol. The molecular weight excluding hydrogens is 143 g/mol. The van der Waals surface area contributed by atoms with Gasteiger partial charge in [-0.05, 0) is 18.3 Å². The van der Waals surface area contributed by atoms with Crippen LogP contribution in [-0.2, 0) is 0 Å². The van der Waals surface area contributed by atoms with E-state index in [-0.39, 0.29) is 0 Å². The Balaban J connectivity index is 1.87. The van der Waals surface area contributed by atoms with Gasteiger partial charge in [0.25, 0.3) is 0 Å². The van der Waals surface area contributed by atoms with Crippen LogP contribution in [0.5, 0.6) is 0 Å². The maximum Gasteiger partial charge on any atom is 0.140 e. The molecule has 0 spiro atoms. The summed E-state index contributed by atoms with van der Waals surface area (Å²) in [6.07, 6.45) is 12.3. The summed E-state index contributed by atoms with van der Waals surface area (Å²) in [7, 11) is 0. The first kappa shape index (κ1) is 8.65. The molecule has 2 aliphatic rings. The molecule has 1 aliphatic heterocycles. The lowest BCUT2D eigenvalue weighted by molar-refractivity contribution is 0.281. The quantitative estimate of drug-likeness (QED) is 0.545. The van der Waals surface area contributed by atoms with E-state index in [1.807, 2.05) is 0 Å². The van der Waals surface area contributed by atoms with Crippen molar-refractivity contribution >= 4 is 6.71 Å². The van der Waals surface area contributed by atoms with Gasteiger partial charge in [0.15, 0.2) is 0 Å². The lowest BCUT2D eigenvalue weighted by Gasteiger charge is -2.37. The van der Waals surface area contributed by atoms with Crippen LogP contribution in [0.15, 0.2) is 0 Å². The highest BCUT2D eigenvalue weighted by Gasteiger charge is 2.32. The normalized spacial score (nSPS) is 35.2. The highest BCUT2D eigenvalue weighted by atomic mass is 14.3. The minimum absolute atomic E-state index is 1.11. The van der Waals surface area contributed by atoms with Gasteiger partial charge in [-0.15, -0.1) is 0 Å². The number of fused-ring (bicyclic) bond motifs is 2. The van der Waals surface area contributed by atoms with Gasteiger partial charge in [0, 0.05) is 0 Å². The van der Waals surface area contributed by atoms with E-state index in [0.717, 1.165) is 18.5 Å². The highest BCUT2D eigenvalue weighted by Crippen LogP contribution is 2.41. The molecule has 1 saturated heterocycles. The number of hydrogen-bond donors (Lipinski definition) is 0. The van der Waals surface area contributed by atoms with Crippen LogP contribution in [0.2, 0.25) is 19.0 Å². The molecule has 1 heteroatoms. The predicted molar refractivity (Wildman–Crippen MR) is 55.9 cm³/mol. The minimum atomic E-state index is 1.11. The Hall–Kier alpha value is 0.0649. The molecule has 0 N–H and O–H groups in total. The van der Waals surface area contributed by atoms with Gasteiger partial charge >= 0.3 is 0 Å². The summed E-state index contributed by atoms with van der Waals surface area (Å²) < 4.78 is 0. The smallest absolute Gasteiger partial charge is 0.0744 e. The standard InChI is InChI=1S/C11H21B/c1-2-6-12-8-10-4-3-5-11(7-10)9-12/h10-11H,2-9H2,1H3/t10-,11+. The second-order valence-corrected chi connectivity index (χ2v) is 5.02. The summed E-state index contributed by atoms with van der Waals surface area (Å²) in [5, 5.41) is 0. The first-order valence-electron chi connectivity index (χ1n) is 5.88. The fourth-order valence-corrected chi connectivity index (χ4v) is 3.51. The van der Waals surface area contributed by atoms with E-state index >= 15 is 0 Å². The Morgan fingerprint density at radius 2 is 1.83 bits per heavy atom. The molecule has 0 nitrogen and oxygen atoms in total. The molecular formula is C11H21B. The van der Waals surface area contributed by atoms with Gasteiger partial charge in [0.2, 0.25) is 0 Å². The highest BCUT2D eigenvalue weighted by molar-refractivity contribution is 6.59. The van der Waals surface area contributed by atoms with Crippen molar-refractivity contribution < 1.29 is 0 Å². The molecule has 1 heterocycles. The Labute approximate surface area is 77.2 Å². The summed E-state index contributed by atoms with van der Waals surface area (Å²) in [5.74, 6) is 2.27. The summed E-state index contributed by atoms with van der Waals surface area (Å²) in [5.41, 5.74) is 0. The lowest BCUT2D eigenvalue weighted by Crippen LogP contribution is -2.31. The van der Waals surface area contributed by atoms with E-state index in [9.17, 15) is 0 Å². The van der Waals surface area contributed by atoms with Crippen molar-refractivity contribution in [2.24, 2.45) is 11.8 Å². The maximum atomic E-state index is 2.34. The zero-order chi connectivity index (χ0) is 8.39. The number of hydrogen-bond acceptors (Lipinski definition) is 0. The molecule has 0 aromatic rings. The largest absolute Gasteiger partial charge is 0.140 e. The molecule has 2 fully saturated rings. The van der Waals surface area contributed by atoms with Gasteiger partial charge in [0.05, 0.1) is 0 Å². The Kier molecular flexibility index (Phi) is 2.78. The first-order valence-corrected chi connectivity index (χ1v) is 5.88. The molecule has 1 saturated carbocycles. The van der Waals surface area contributed by atoms with Crippen LogP contribution in [0.3, 0.4) is 0 Å². The fourth-order valence-electron chi connectivity index (χ4n) is 3.51. The Morgan fingerprint density at radius 3 is 2.42 bits per heavy atom. The van der Waals surface area contributed by atoms with Gasteiger partial charge in [-0.2, -0.15) is 0 Å². The van der Waals surface area contributed by atoms with Crippen LogP contribution < -0.4 is 0 Å². The number of rotatable bonds is 2. The van der Waals surface area contributed by atoms with Gasteiger partial charge < -0.3 is 0 Å². The van der Waals surface area contributed by atoms with Crippen molar-refractivity contribution in [1.29, 1.82) is 0 Å². The van der Waals surface area contributed by atoms with Crippen LogP contribution in [0.4, 0.5) is 0 Å². The van der Waals surface area contributed by atoms with E-state index in [1.165, 1.54) is 19.2 Å². The van der Waals surface area contributed by atoms with E-state index in [2.05, 4.69) is 6.92 Å². The van der Waals surface area contributed by atoms with Crippen molar-refractivity contribution in [2.45, 2.75) is 58.0 Å². The second kappa shape index (κ2) is 3.85. The van der Waals surface area contributed by atoms with Crippen molar-refractivity contribution in [3.05, 3.63) is 0 Å². The van der Waals surface area contributed by atoms with Crippen molar-refractivity contribution in [1.82, 2.24) is 0 Å². The SMILES string of the molecule is CCCB1C[C@H]2CCC[C@@H](C1)C2. The third-order valence-electron chi connectivity index (χ3n) is 3.92. The molecule has 12 heavy (non-hydrogen) atoms. The van der Waals surface area contributed by atoms with Crippen molar-refractivity contribution in [3.8, 4) is 0 Å². The summed E-state index contributed by atoms with van der Waals surface area (Å²) in [4.78, 5) is 0. The molecule has 68 valence electrons. The zero-order valence-electron chi connectivity index (χ0n) is 8.39. The molecule has 0 radical (unpaired) electrons. The van der Waals surface area contributed by atoms with Gasteiger partial charge in [-0.1, -0.05) is 51.6 Å². The molecule has 0 aromatic carbocycles. The average Bonchev–Trinajstić information content (AvgIpc) is 2.04. The van der Waals surface area contributed by atoms with Crippen molar-refractivity contribution in [3.63, 3.8) is 0 Å². The summed E-state index contributed by atoms with van der Waals surface area (Å²) >= 11 is 0. The first-order chi connectivity index (χ1) is 5.88. The third kappa shape index (κ3) is 1.86. The molecule has 0 unspecified atom stereocenters. The molecule has 0 amide bonds. The zero-order valence-corrected chi connectivity index (χ0v) is 8.39. The monoisotopic (exact) mass is 164 g/mol. The van der Waals surface area contributed by atoms with Crippen molar-refractivity contribution in [2.75, 3.05) is 0 Å². The topological polar surface area (TPSA) is 0 Å². The molecule has 2 bridgehead atoms. The van der Waals surface area contributed by atoms with Crippen LogP contribution >= 0.6 is 0 Å². The minimum Gasteiger partial charge on any atom is -0.0744 e.